The molecule has 134 valence electrons. The molecule has 1 heterocycles. The number of anilines is 2. The molecular weight excluding hydrogens is 334 g/mol. The first-order valence-corrected chi connectivity index (χ1v) is 9.48. The van der Waals surface area contributed by atoms with Crippen LogP contribution in [-0.2, 0) is 0 Å². The summed E-state index contributed by atoms with van der Waals surface area (Å²) in [4.78, 5) is 0. The van der Waals surface area contributed by atoms with E-state index in [1.807, 2.05) is 42.5 Å². The summed E-state index contributed by atoms with van der Waals surface area (Å²) in [6, 6.07) is 22.4. The Hall–Kier alpha value is -3.20. The van der Waals surface area contributed by atoms with Gasteiger partial charge in [0.05, 0.1) is 0 Å². The molecule has 0 spiro atoms. The van der Waals surface area contributed by atoms with Gasteiger partial charge in [0.2, 0.25) is 0 Å². The van der Waals surface area contributed by atoms with Crippen LogP contribution in [0.3, 0.4) is 0 Å². The highest BCUT2D eigenvalue weighted by Gasteiger charge is 2.18. The van der Waals surface area contributed by atoms with Crippen LogP contribution in [0.2, 0.25) is 0 Å². The topological polar surface area (TPSA) is 30.5 Å². The van der Waals surface area contributed by atoms with Crippen LogP contribution in [-0.4, -0.2) is 0 Å². The van der Waals surface area contributed by atoms with E-state index in [4.69, 9.17) is 9.47 Å². The average Bonchev–Trinajstić information content (AvgIpc) is 2.73. The first-order valence-electron chi connectivity index (χ1n) is 9.48. The zero-order chi connectivity index (χ0) is 18.1. The van der Waals surface area contributed by atoms with Crippen LogP contribution in [0.5, 0.6) is 23.0 Å². The number of ether oxygens (including phenoxy) is 2. The average molecular weight is 355 g/mol. The minimum Gasteiger partial charge on any atom is -0.450 e. The number of nitrogens with one attached hydrogen (secondary N) is 1. The Kier molecular flexibility index (Phi) is 4.06. The number of hydrogen-bond donors (Lipinski definition) is 1. The highest BCUT2D eigenvalue weighted by Crippen LogP contribution is 2.46. The van der Waals surface area contributed by atoms with E-state index in [0.29, 0.717) is 5.92 Å². The maximum Gasteiger partial charge on any atom is 0.172 e. The number of benzene rings is 3. The van der Waals surface area contributed by atoms with Gasteiger partial charge in [0, 0.05) is 23.4 Å². The normalized spacial score (nSPS) is 17.3. The molecule has 2 aliphatic rings. The van der Waals surface area contributed by atoms with E-state index in [0.717, 1.165) is 34.4 Å². The van der Waals surface area contributed by atoms with Gasteiger partial charge in [0.25, 0.3) is 0 Å². The molecule has 3 nitrogen and oxygen atoms in total. The summed E-state index contributed by atoms with van der Waals surface area (Å²) in [6.45, 7) is 0. The van der Waals surface area contributed by atoms with Gasteiger partial charge in [-0.25, -0.2) is 0 Å². The van der Waals surface area contributed by atoms with E-state index < -0.39 is 0 Å². The van der Waals surface area contributed by atoms with Crippen molar-refractivity contribution in [1.82, 2.24) is 0 Å². The van der Waals surface area contributed by atoms with E-state index in [9.17, 15) is 0 Å². The third kappa shape index (κ3) is 3.28. The van der Waals surface area contributed by atoms with Crippen molar-refractivity contribution >= 4 is 11.4 Å². The van der Waals surface area contributed by atoms with Crippen molar-refractivity contribution < 1.29 is 9.47 Å². The molecular formula is C24H21NO2. The molecule has 1 N–H and O–H groups in total. The summed E-state index contributed by atoms with van der Waals surface area (Å²) in [6.07, 6.45) is 8.37. The third-order valence-electron chi connectivity index (χ3n) is 5.11. The number of hydrogen-bond acceptors (Lipinski definition) is 3. The maximum atomic E-state index is 5.98. The van der Waals surface area contributed by atoms with Gasteiger partial charge in [0.1, 0.15) is 0 Å². The zero-order valence-electron chi connectivity index (χ0n) is 15.0. The van der Waals surface area contributed by atoms with E-state index in [2.05, 4.69) is 41.7 Å². The van der Waals surface area contributed by atoms with E-state index >= 15 is 0 Å². The summed E-state index contributed by atoms with van der Waals surface area (Å²) in [7, 11) is 0. The van der Waals surface area contributed by atoms with Gasteiger partial charge < -0.3 is 14.8 Å². The van der Waals surface area contributed by atoms with Crippen LogP contribution in [0.15, 0.2) is 78.9 Å². The molecule has 0 aromatic heterocycles. The molecule has 1 aliphatic carbocycles. The van der Waals surface area contributed by atoms with Crippen LogP contribution in [0.25, 0.3) is 0 Å². The molecule has 27 heavy (non-hydrogen) atoms. The van der Waals surface area contributed by atoms with Gasteiger partial charge in [-0.05, 0) is 61.2 Å². The fourth-order valence-electron chi connectivity index (χ4n) is 3.68. The summed E-state index contributed by atoms with van der Waals surface area (Å²) in [5.74, 6) is 3.51. The Morgan fingerprint density at radius 1 is 0.741 bits per heavy atom. The second kappa shape index (κ2) is 6.84. The molecule has 0 radical (unpaired) electrons. The number of para-hydroxylation sites is 2. The number of allylic oxidation sites excluding steroid dienone is 2. The molecule has 0 saturated carbocycles. The molecule has 1 aliphatic heterocycles. The first kappa shape index (κ1) is 16.0. The molecule has 0 fully saturated rings. The standard InChI is InChI=1S/C24H21NO2/c1-2-6-17(7-3-1)18-10-12-19(13-11-18)25-20-14-15-23-24(16-20)27-22-9-5-4-8-21(22)26-23/h2,4-6,8-17,25H,1,3,7H2. The van der Waals surface area contributed by atoms with Gasteiger partial charge in [-0.15, -0.1) is 0 Å². The lowest BCUT2D eigenvalue weighted by Gasteiger charge is -2.21. The van der Waals surface area contributed by atoms with Crippen molar-refractivity contribution in [1.29, 1.82) is 0 Å². The summed E-state index contributed by atoms with van der Waals surface area (Å²) in [5, 5.41) is 3.45. The van der Waals surface area contributed by atoms with Crippen LogP contribution in [0, 0.1) is 0 Å². The van der Waals surface area contributed by atoms with Crippen molar-refractivity contribution in [3.8, 4) is 23.0 Å². The highest BCUT2D eigenvalue weighted by molar-refractivity contribution is 5.66. The fraction of sp³-hybridized carbons (Fsp3) is 0.167. The third-order valence-corrected chi connectivity index (χ3v) is 5.11. The molecule has 3 aromatic carbocycles. The van der Waals surface area contributed by atoms with Crippen molar-refractivity contribution in [3.05, 3.63) is 84.4 Å². The summed E-state index contributed by atoms with van der Waals surface area (Å²) in [5.41, 5.74) is 3.42. The van der Waals surface area contributed by atoms with Gasteiger partial charge in [-0.2, -0.15) is 0 Å². The van der Waals surface area contributed by atoms with Gasteiger partial charge >= 0.3 is 0 Å². The Bertz CT molecular complexity index is 992. The van der Waals surface area contributed by atoms with Crippen molar-refractivity contribution in [2.45, 2.75) is 25.2 Å². The molecule has 5 rings (SSSR count). The van der Waals surface area contributed by atoms with E-state index in [1.54, 1.807) is 0 Å². The van der Waals surface area contributed by atoms with Crippen LogP contribution < -0.4 is 14.8 Å². The predicted molar refractivity (Wildman–Crippen MR) is 108 cm³/mol. The largest absolute Gasteiger partial charge is 0.450 e. The lowest BCUT2D eigenvalue weighted by molar-refractivity contribution is 0.360. The smallest absolute Gasteiger partial charge is 0.172 e. The van der Waals surface area contributed by atoms with E-state index in [1.165, 1.54) is 24.8 Å². The quantitative estimate of drug-likeness (QED) is 0.396. The molecule has 0 saturated heterocycles. The molecule has 1 unspecified atom stereocenters. The lowest BCUT2D eigenvalue weighted by atomic mass is 9.89. The first-order chi connectivity index (χ1) is 13.3. The molecule has 3 heteroatoms. The predicted octanol–water partition coefficient (Wildman–Crippen LogP) is 7.15. The SMILES string of the molecule is C1=CC(c2ccc(Nc3ccc4c(c3)Oc3ccccc3O4)cc2)CCC1. The highest BCUT2D eigenvalue weighted by atomic mass is 16.6. The van der Waals surface area contributed by atoms with Crippen LogP contribution >= 0.6 is 0 Å². The van der Waals surface area contributed by atoms with Crippen LogP contribution in [0.4, 0.5) is 11.4 Å². The summed E-state index contributed by atoms with van der Waals surface area (Å²) < 4.78 is 11.9. The number of fused-ring (bicyclic) bond motifs is 2. The van der Waals surface area contributed by atoms with Crippen molar-refractivity contribution in [3.63, 3.8) is 0 Å². The Morgan fingerprint density at radius 3 is 2.19 bits per heavy atom. The molecule has 0 bridgehead atoms. The van der Waals surface area contributed by atoms with Crippen molar-refractivity contribution in [2.24, 2.45) is 0 Å². The van der Waals surface area contributed by atoms with Gasteiger partial charge in [-0.1, -0.05) is 36.4 Å². The summed E-state index contributed by atoms with van der Waals surface area (Å²) >= 11 is 0. The maximum absolute atomic E-state index is 5.98. The Morgan fingerprint density at radius 2 is 1.44 bits per heavy atom. The monoisotopic (exact) mass is 355 g/mol. The van der Waals surface area contributed by atoms with Crippen molar-refractivity contribution in [2.75, 3.05) is 5.32 Å². The minimum atomic E-state index is 0.558. The Labute approximate surface area is 159 Å². The number of rotatable bonds is 3. The van der Waals surface area contributed by atoms with Crippen LogP contribution in [0.1, 0.15) is 30.7 Å². The molecule has 0 amide bonds. The molecule has 1 atom stereocenters. The second-order valence-electron chi connectivity index (χ2n) is 7.02. The molecule has 3 aromatic rings. The lowest BCUT2D eigenvalue weighted by Crippen LogP contribution is -2.00. The minimum absolute atomic E-state index is 0.558. The van der Waals surface area contributed by atoms with E-state index in [-0.39, 0.29) is 0 Å². The zero-order valence-corrected chi connectivity index (χ0v) is 15.0. The fourth-order valence-corrected chi connectivity index (χ4v) is 3.68. The van der Waals surface area contributed by atoms with Gasteiger partial charge in [0.15, 0.2) is 23.0 Å². The Balaban J connectivity index is 1.33. The second-order valence-corrected chi connectivity index (χ2v) is 7.02. The van der Waals surface area contributed by atoms with Gasteiger partial charge in [-0.3, -0.25) is 0 Å².